The van der Waals surface area contributed by atoms with Gasteiger partial charge in [0.05, 0.1) is 11.3 Å². The van der Waals surface area contributed by atoms with Gasteiger partial charge in [-0.15, -0.1) is 0 Å². The summed E-state index contributed by atoms with van der Waals surface area (Å²) in [6, 6.07) is 8.50. The summed E-state index contributed by atoms with van der Waals surface area (Å²) in [6.07, 6.45) is 2.24. The third kappa shape index (κ3) is 2.94. The molecule has 0 radical (unpaired) electrons. The van der Waals surface area contributed by atoms with E-state index in [4.69, 9.17) is 4.74 Å². The van der Waals surface area contributed by atoms with Gasteiger partial charge in [0.1, 0.15) is 11.6 Å². The molecule has 0 saturated heterocycles. The van der Waals surface area contributed by atoms with Crippen LogP contribution in [0.5, 0.6) is 0 Å². The van der Waals surface area contributed by atoms with Gasteiger partial charge in [0, 0.05) is 12.0 Å². The lowest BCUT2D eigenvalue weighted by molar-refractivity contribution is 0.0468. The van der Waals surface area contributed by atoms with Crippen LogP contribution in [0.3, 0.4) is 0 Å². The molecule has 1 aliphatic rings. The fourth-order valence-electron chi connectivity index (χ4n) is 2.35. The van der Waals surface area contributed by atoms with Crippen molar-refractivity contribution >= 4 is 22.3 Å². The maximum absolute atomic E-state index is 12.1. The maximum atomic E-state index is 12.1. The van der Waals surface area contributed by atoms with Gasteiger partial charge in [-0.2, -0.15) is 9.61 Å². The van der Waals surface area contributed by atoms with Gasteiger partial charge in [0.15, 0.2) is 0 Å². The molecule has 0 amide bonds. The van der Waals surface area contributed by atoms with Crippen molar-refractivity contribution in [3.8, 4) is 0 Å². The first-order valence-electron chi connectivity index (χ1n) is 7.73. The number of aryl methyl sites for hydroxylation is 1. The molecule has 1 fully saturated rings. The Labute approximate surface area is 141 Å². The Hall–Kier alpha value is -2.54. The number of rotatable bonds is 4. The molecule has 1 aromatic carbocycles. The number of hydrogen-bond donors (Lipinski definition) is 0. The fourth-order valence-corrected chi connectivity index (χ4v) is 3.44. The van der Waals surface area contributed by atoms with Crippen LogP contribution < -0.4 is 5.56 Å². The number of benzene rings is 1. The zero-order valence-corrected chi connectivity index (χ0v) is 13.9. The van der Waals surface area contributed by atoms with Crippen LogP contribution in [0.1, 0.15) is 45.4 Å². The van der Waals surface area contributed by atoms with Crippen LogP contribution in [0.25, 0.3) is 4.96 Å². The van der Waals surface area contributed by atoms with Crippen molar-refractivity contribution in [2.24, 2.45) is 0 Å². The third-order valence-electron chi connectivity index (χ3n) is 3.88. The SMILES string of the molecule is Cc1ccc(C(=O)OCc2cc(=O)n3nc(C4CC4)sc3n2)cc1. The van der Waals surface area contributed by atoms with Gasteiger partial charge >= 0.3 is 5.97 Å². The molecule has 0 N–H and O–H groups in total. The number of fused-ring (bicyclic) bond motifs is 1. The van der Waals surface area contributed by atoms with Gasteiger partial charge in [-0.05, 0) is 31.9 Å². The van der Waals surface area contributed by atoms with E-state index in [-0.39, 0.29) is 12.2 Å². The van der Waals surface area contributed by atoms with E-state index in [1.807, 2.05) is 19.1 Å². The van der Waals surface area contributed by atoms with Gasteiger partial charge in [-0.1, -0.05) is 29.0 Å². The molecule has 2 aromatic heterocycles. The van der Waals surface area contributed by atoms with Crippen molar-refractivity contribution in [1.82, 2.24) is 14.6 Å². The summed E-state index contributed by atoms with van der Waals surface area (Å²) in [7, 11) is 0. The summed E-state index contributed by atoms with van der Waals surface area (Å²) in [6.45, 7) is 1.92. The minimum Gasteiger partial charge on any atom is -0.456 e. The predicted molar refractivity (Wildman–Crippen MR) is 89.4 cm³/mol. The molecule has 0 atom stereocenters. The highest BCUT2D eigenvalue weighted by Crippen LogP contribution is 2.41. The quantitative estimate of drug-likeness (QED) is 0.682. The van der Waals surface area contributed by atoms with Crippen LogP contribution in [0.4, 0.5) is 0 Å². The lowest BCUT2D eigenvalue weighted by Crippen LogP contribution is -2.16. The highest BCUT2D eigenvalue weighted by molar-refractivity contribution is 7.16. The van der Waals surface area contributed by atoms with E-state index < -0.39 is 5.97 Å². The van der Waals surface area contributed by atoms with E-state index >= 15 is 0 Å². The van der Waals surface area contributed by atoms with Crippen LogP contribution >= 0.6 is 11.3 Å². The van der Waals surface area contributed by atoms with Crippen LogP contribution in [-0.2, 0) is 11.3 Å². The van der Waals surface area contributed by atoms with Gasteiger partial charge in [0.2, 0.25) is 4.96 Å². The Bertz CT molecular complexity index is 971. The summed E-state index contributed by atoms with van der Waals surface area (Å²) >= 11 is 1.43. The molecule has 2 heterocycles. The van der Waals surface area contributed by atoms with Crippen LogP contribution in [0.15, 0.2) is 35.1 Å². The Kier molecular flexibility index (Phi) is 3.65. The van der Waals surface area contributed by atoms with Crippen molar-refractivity contribution in [1.29, 1.82) is 0 Å². The molecule has 24 heavy (non-hydrogen) atoms. The summed E-state index contributed by atoms with van der Waals surface area (Å²) in [4.78, 5) is 29.1. The van der Waals surface area contributed by atoms with Crippen LogP contribution in [0.2, 0.25) is 0 Å². The Morgan fingerprint density at radius 1 is 1.33 bits per heavy atom. The third-order valence-corrected chi connectivity index (χ3v) is 4.95. The summed E-state index contributed by atoms with van der Waals surface area (Å²) in [5.41, 5.74) is 1.74. The van der Waals surface area contributed by atoms with Crippen molar-refractivity contribution in [2.45, 2.75) is 32.3 Å². The molecule has 6 nitrogen and oxygen atoms in total. The minimum absolute atomic E-state index is 0.0326. The van der Waals surface area contributed by atoms with E-state index in [1.54, 1.807) is 12.1 Å². The number of hydrogen-bond acceptors (Lipinski definition) is 6. The number of carbonyl (C=O) groups excluding carboxylic acids is 1. The van der Waals surface area contributed by atoms with Crippen LogP contribution in [-0.4, -0.2) is 20.6 Å². The Morgan fingerprint density at radius 2 is 2.08 bits per heavy atom. The monoisotopic (exact) mass is 341 g/mol. The minimum atomic E-state index is -0.431. The van der Waals surface area contributed by atoms with E-state index in [0.29, 0.717) is 22.1 Å². The molecular formula is C17H15N3O3S. The van der Waals surface area contributed by atoms with Gasteiger partial charge in [0.25, 0.3) is 5.56 Å². The smallest absolute Gasteiger partial charge is 0.338 e. The molecule has 3 aromatic rings. The van der Waals surface area contributed by atoms with Gasteiger partial charge in [-0.3, -0.25) is 4.79 Å². The van der Waals surface area contributed by atoms with Gasteiger partial charge < -0.3 is 4.74 Å². The number of nitrogens with zero attached hydrogens (tertiary/aromatic N) is 3. The normalized spacial score (nSPS) is 14.0. The number of esters is 1. The van der Waals surface area contributed by atoms with Crippen molar-refractivity contribution in [3.63, 3.8) is 0 Å². The molecule has 4 rings (SSSR count). The molecule has 0 spiro atoms. The lowest BCUT2D eigenvalue weighted by atomic mass is 10.1. The highest BCUT2D eigenvalue weighted by Gasteiger charge is 2.28. The Balaban J connectivity index is 1.52. The standard InChI is InChI=1S/C17H15N3O3S/c1-10-2-4-12(5-3-10)16(22)23-9-13-8-14(21)20-17(18-13)24-15(19-20)11-6-7-11/h2-5,8,11H,6-7,9H2,1H3. The second-order valence-electron chi connectivity index (χ2n) is 5.94. The number of aromatic nitrogens is 3. The van der Waals surface area contributed by atoms with Crippen molar-refractivity contribution in [2.75, 3.05) is 0 Å². The number of ether oxygens (including phenoxy) is 1. The second kappa shape index (κ2) is 5.83. The summed E-state index contributed by atoms with van der Waals surface area (Å²) in [5, 5.41) is 5.27. The first-order valence-corrected chi connectivity index (χ1v) is 8.55. The van der Waals surface area contributed by atoms with E-state index in [0.717, 1.165) is 23.4 Å². The average Bonchev–Trinajstić information content (AvgIpc) is 3.33. The Morgan fingerprint density at radius 3 is 2.79 bits per heavy atom. The lowest BCUT2D eigenvalue weighted by Gasteiger charge is -2.04. The second-order valence-corrected chi connectivity index (χ2v) is 6.92. The van der Waals surface area contributed by atoms with Crippen molar-refractivity contribution in [3.05, 3.63) is 62.5 Å². The molecular weight excluding hydrogens is 326 g/mol. The number of carbonyl (C=O) groups is 1. The molecule has 122 valence electrons. The van der Waals surface area contributed by atoms with Crippen LogP contribution in [0, 0.1) is 6.92 Å². The van der Waals surface area contributed by atoms with E-state index in [1.165, 1.54) is 21.9 Å². The fraction of sp³-hybridized carbons (Fsp3) is 0.294. The summed E-state index contributed by atoms with van der Waals surface area (Å²) in [5.74, 6) is 0.0406. The predicted octanol–water partition coefficient (Wildman–Crippen LogP) is 2.69. The topological polar surface area (TPSA) is 73.6 Å². The zero-order chi connectivity index (χ0) is 16.7. The van der Waals surface area contributed by atoms with E-state index in [2.05, 4.69) is 10.1 Å². The molecule has 7 heteroatoms. The largest absolute Gasteiger partial charge is 0.456 e. The molecule has 1 aliphatic carbocycles. The molecule has 0 aliphatic heterocycles. The highest BCUT2D eigenvalue weighted by atomic mass is 32.1. The maximum Gasteiger partial charge on any atom is 0.338 e. The first kappa shape index (κ1) is 15.0. The first-order chi connectivity index (χ1) is 11.6. The average molecular weight is 341 g/mol. The molecule has 0 unspecified atom stereocenters. The van der Waals surface area contributed by atoms with E-state index in [9.17, 15) is 9.59 Å². The van der Waals surface area contributed by atoms with Gasteiger partial charge in [-0.25, -0.2) is 9.78 Å². The van der Waals surface area contributed by atoms with Crippen molar-refractivity contribution < 1.29 is 9.53 Å². The zero-order valence-electron chi connectivity index (χ0n) is 13.1. The molecule has 1 saturated carbocycles. The summed E-state index contributed by atoms with van der Waals surface area (Å²) < 4.78 is 6.58. The molecule has 0 bridgehead atoms.